The van der Waals surface area contributed by atoms with Crippen molar-refractivity contribution in [1.29, 1.82) is 0 Å². The van der Waals surface area contributed by atoms with Gasteiger partial charge < -0.3 is 11.1 Å². The number of halogens is 2. The van der Waals surface area contributed by atoms with Crippen molar-refractivity contribution in [3.63, 3.8) is 0 Å². The molecule has 88 valence electrons. The molecule has 0 spiro atoms. The van der Waals surface area contributed by atoms with Crippen molar-refractivity contribution in [2.24, 2.45) is 11.7 Å². The minimum atomic E-state index is -0.324. The number of hydrogen-bond acceptors (Lipinski definition) is 2. The summed E-state index contributed by atoms with van der Waals surface area (Å²) in [6.45, 7) is 2.75. The normalized spacial score (nSPS) is 28.6. The minimum absolute atomic E-state index is 0.0729. The summed E-state index contributed by atoms with van der Waals surface area (Å²) in [6.07, 6.45) is 2.05. The number of nitrogens with two attached hydrogens (primary N) is 1. The second-order valence-corrected chi connectivity index (χ2v) is 5.22. The average molecular weight is 243 g/mol. The van der Waals surface area contributed by atoms with E-state index in [9.17, 15) is 4.39 Å². The summed E-state index contributed by atoms with van der Waals surface area (Å²) in [6, 6.07) is 4.47. The van der Waals surface area contributed by atoms with E-state index in [0.717, 1.165) is 12.8 Å². The Morgan fingerprint density at radius 2 is 2.19 bits per heavy atom. The van der Waals surface area contributed by atoms with Gasteiger partial charge in [0, 0.05) is 17.3 Å². The minimum Gasteiger partial charge on any atom is -0.378 e. The van der Waals surface area contributed by atoms with E-state index < -0.39 is 0 Å². The first-order chi connectivity index (χ1) is 7.53. The predicted octanol–water partition coefficient (Wildman–Crippen LogP) is 3.02. The third kappa shape index (κ3) is 2.30. The first-order valence-corrected chi connectivity index (χ1v) is 5.85. The van der Waals surface area contributed by atoms with E-state index in [0.29, 0.717) is 23.2 Å². The maximum Gasteiger partial charge on any atom is 0.126 e. The molecule has 0 heterocycles. The molecule has 1 aliphatic carbocycles. The van der Waals surface area contributed by atoms with Crippen LogP contribution in [0.3, 0.4) is 0 Å². The number of rotatable bonds is 3. The van der Waals surface area contributed by atoms with E-state index in [1.54, 1.807) is 6.07 Å². The molecule has 4 heteroatoms. The second kappa shape index (κ2) is 4.22. The quantitative estimate of drug-likeness (QED) is 0.855. The van der Waals surface area contributed by atoms with Crippen LogP contribution in [0.15, 0.2) is 18.2 Å². The highest BCUT2D eigenvalue weighted by molar-refractivity contribution is 6.30. The van der Waals surface area contributed by atoms with Gasteiger partial charge in [0.2, 0.25) is 0 Å². The number of hydrogen-bond donors (Lipinski definition) is 2. The van der Waals surface area contributed by atoms with Crippen LogP contribution < -0.4 is 11.1 Å². The Morgan fingerprint density at radius 1 is 1.50 bits per heavy atom. The van der Waals surface area contributed by atoms with Gasteiger partial charge in [0.25, 0.3) is 0 Å². The predicted molar refractivity (Wildman–Crippen MR) is 65.2 cm³/mol. The average Bonchev–Trinajstić information content (AvgIpc) is 2.13. The van der Waals surface area contributed by atoms with Crippen molar-refractivity contribution in [3.8, 4) is 0 Å². The Kier molecular flexibility index (Phi) is 3.08. The second-order valence-electron chi connectivity index (χ2n) is 4.78. The zero-order chi connectivity index (χ0) is 11.8. The Hall–Kier alpha value is -0.800. The molecule has 1 saturated carbocycles. The highest BCUT2D eigenvalue weighted by Crippen LogP contribution is 2.39. The van der Waals surface area contributed by atoms with E-state index in [-0.39, 0.29) is 11.4 Å². The Morgan fingerprint density at radius 3 is 2.69 bits per heavy atom. The van der Waals surface area contributed by atoms with E-state index in [2.05, 4.69) is 12.2 Å². The van der Waals surface area contributed by atoms with Gasteiger partial charge in [0.05, 0.1) is 5.54 Å². The van der Waals surface area contributed by atoms with Crippen LogP contribution in [-0.2, 0) is 0 Å². The highest BCUT2D eigenvalue weighted by Gasteiger charge is 2.40. The van der Waals surface area contributed by atoms with E-state index >= 15 is 0 Å². The first kappa shape index (κ1) is 11.7. The van der Waals surface area contributed by atoms with Crippen LogP contribution >= 0.6 is 11.6 Å². The third-order valence-electron chi connectivity index (χ3n) is 3.14. The van der Waals surface area contributed by atoms with Gasteiger partial charge in [-0.2, -0.15) is 0 Å². The van der Waals surface area contributed by atoms with Crippen molar-refractivity contribution < 1.29 is 4.39 Å². The van der Waals surface area contributed by atoms with Crippen molar-refractivity contribution in [1.82, 2.24) is 0 Å². The summed E-state index contributed by atoms with van der Waals surface area (Å²) in [7, 11) is 0. The van der Waals surface area contributed by atoms with E-state index in [4.69, 9.17) is 17.3 Å². The SMILES string of the molecule is CC1CC(CN)(Nc2cc(F)cc(Cl)c2)C1. The van der Waals surface area contributed by atoms with Crippen LogP contribution in [0.5, 0.6) is 0 Å². The summed E-state index contributed by atoms with van der Waals surface area (Å²) in [5.41, 5.74) is 6.40. The van der Waals surface area contributed by atoms with Crippen molar-refractivity contribution in [2.75, 3.05) is 11.9 Å². The van der Waals surface area contributed by atoms with Crippen LogP contribution in [0.2, 0.25) is 5.02 Å². The van der Waals surface area contributed by atoms with E-state index in [1.165, 1.54) is 12.1 Å². The molecule has 0 unspecified atom stereocenters. The largest absolute Gasteiger partial charge is 0.378 e. The lowest BCUT2D eigenvalue weighted by molar-refractivity contribution is 0.194. The van der Waals surface area contributed by atoms with Gasteiger partial charge in [-0.1, -0.05) is 18.5 Å². The van der Waals surface area contributed by atoms with Crippen molar-refractivity contribution in [3.05, 3.63) is 29.0 Å². The summed E-state index contributed by atoms with van der Waals surface area (Å²) < 4.78 is 13.2. The molecule has 0 aromatic heterocycles. The first-order valence-electron chi connectivity index (χ1n) is 5.47. The Balaban J connectivity index is 2.14. The molecule has 2 rings (SSSR count). The molecule has 0 saturated heterocycles. The van der Waals surface area contributed by atoms with Crippen LogP contribution in [0.4, 0.5) is 10.1 Å². The van der Waals surface area contributed by atoms with Crippen LogP contribution in [0.25, 0.3) is 0 Å². The maximum atomic E-state index is 13.2. The fraction of sp³-hybridized carbons (Fsp3) is 0.500. The third-order valence-corrected chi connectivity index (χ3v) is 3.36. The lowest BCUT2D eigenvalue weighted by Crippen LogP contribution is -2.54. The summed E-state index contributed by atoms with van der Waals surface area (Å²) >= 11 is 5.80. The summed E-state index contributed by atoms with van der Waals surface area (Å²) in [4.78, 5) is 0. The maximum absolute atomic E-state index is 13.2. The van der Waals surface area contributed by atoms with Gasteiger partial charge >= 0.3 is 0 Å². The molecular formula is C12H16ClFN2. The molecule has 0 amide bonds. The molecule has 1 aromatic rings. The Bertz CT molecular complexity index is 368. The monoisotopic (exact) mass is 242 g/mol. The smallest absolute Gasteiger partial charge is 0.126 e. The lowest BCUT2D eigenvalue weighted by atomic mass is 9.69. The molecule has 0 bridgehead atoms. The van der Waals surface area contributed by atoms with Gasteiger partial charge in [0.1, 0.15) is 5.82 Å². The fourth-order valence-corrected chi connectivity index (χ4v) is 2.75. The fourth-order valence-electron chi connectivity index (χ4n) is 2.53. The molecule has 0 atom stereocenters. The summed E-state index contributed by atoms with van der Waals surface area (Å²) in [5, 5.41) is 3.71. The van der Waals surface area contributed by atoms with Crippen LogP contribution in [-0.4, -0.2) is 12.1 Å². The lowest BCUT2D eigenvalue weighted by Gasteiger charge is -2.47. The van der Waals surface area contributed by atoms with Crippen molar-refractivity contribution >= 4 is 17.3 Å². The van der Waals surface area contributed by atoms with Gasteiger partial charge in [-0.05, 0) is 37.0 Å². The zero-order valence-corrected chi connectivity index (χ0v) is 10.0. The molecule has 0 aliphatic heterocycles. The van der Waals surface area contributed by atoms with Gasteiger partial charge in [-0.3, -0.25) is 0 Å². The molecule has 1 aliphatic rings. The highest BCUT2D eigenvalue weighted by atomic mass is 35.5. The van der Waals surface area contributed by atoms with Gasteiger partial charge in [-0.15, -0.1) is 0 Å². The van der Waals surface area contributed by atoms with E-state index in [1.807, 2.05) is 0 Å². The van der Waals surface area contributed by atoms with Crippen molar-refractivity contribution in [2.45, 2.75) is 25.3 Å². The van der Waals surface area contributed by atoms with Crippen LogP contribution in [0, 0.1) is 11.7 Å². The van der Waals surface area contributed by atoms with Gasteiger partial charge in [0.15, 0.2) is 0 Å². The molecule has 16 heavy (non-hydrogen) atoms. The molecular weight excluding hydrogens is 227 g/mol. The molecule has 1 fully saturated rings. The van der Waals surface area contributed by atoms with Crippen LogP contribution in [0.1, 0.15) is 19.8 Å². The number of anilines is 1. The Labute approximate surface area is 100.0 Å². The zero-order valence-electron chi connectivity index (χ0n) is 9.26. The number of benzene rings is 1. The molecule has 3 N–H and O–H groups in total. The standard InChI is InChI=1S/C12H16ClFN2/c1-8-5-12(6-8,7-15)16-11-3-9(13)2-10(14)4-11/h2-4,8,16H,5-7,15H2,1H3. The molecule has 1 aromatic carbocycles. The number of nitrogens with one attached hydrogen (secondary N) is 1. The topological polar surface area (TPSA) is 38.0 Å². The molecule has 0 radical (unpaired) electrons. The molecule has 2 nitrogen and oxygen atoms in total. The van der Waals surface area contributed by atoms with Gasteiger partial charge in [-0.25, -0.2) is 4.39 Å². The summed E-state index contributed by atoms with van der Waals surface area (Å²) in [5.74, 6) is 0.356.